The summed E-state index contributed by atoms with van der Waals surface area (Å²) in [5.41, 5.74) is 0. The van der Waals surface area contributed by atoms with Crippen molar-refractivity contribution in [3.63, 3.8) is 0 Å². The van der Waals surface area contributed by atoms with Crippen LogP contribution in [0.5, 0.6) is 0 Å². The van der Waals surface area contributed by atoms with Crippen LogP contribution in [0.3, 0.4) is 0 Å². The van der Waals surface area contributed by atoms with E-state index in [1.807, 2.05) is 18.7 Å². The van der Waals surface area contributed by atoms with Gasteiger partial charge in [-0.3, -0.25) is 4.79 Å². The third-order valence-corrected chi connectivity index (χ3v) is 2.72. The lowest BCUT2D eigenvalue weighted by Crippen LogP contribution is -2.48. The zero-order valence-corrected chi connectivity index (χ0v) is 9.95. The zero-order chi connectivity index (χ0) is 11.3. The van der Waals surface area contributed by atoms with Crippen LogP contribution in [0, 0.1) is 0 Å². The fraction of sp³-hybridized carbons (Fsp3) is 0.909. The molecule has 1 fully saturated rings. The van der Waals surface area contributed by atoms with E-state index in [0.717, 1.165) is 13.1 Å². The predicted octanol–water partition coefficient (Wildman–Crippen LogP) is 0.622. The summed E-state index contributed by atoms with van der Waals surface area (Å²) in [7, 11) is 0. The average molecular weight is 214 g/mol. The Labute approximate surface area is 92.0 Å². The van der Waals surface area contributed by atoms with Crippen molar-refractivity contribution in [1.29, 1.82) is 0 Å². The minimum Gasteiger partial charge on any atom is -0.377 e. The summed E-state index contributed by atoms with van der Waals surface area (Å²) in [6.45, 7) is 9.12. The molecule has 1 saturated heterocycles. The Morgan fingerprint density at radius 2 is 2.40 bits per heavy atom. The molecule has 88 valence electrons. The van der Waals surface area contributed by atoms with Crippen molar-refractivity contribution in [2.45, 2.75) is 39.3 Å². The largest absolute Gasteiger partial charge is 0.377 e. The molecule has 0 radical (unpaired) electrons. The summed E-state index contributed by atoms with van der Waals surface area (Å²) in [5.74, 6) is 0.235. The number of nitrogens with one attached hydrogen (secondary N) is 1. The van der Waals surface area contributed by atoms with E-state index in [4.69, 9.17) is 4.74 Å². The number of rotatable bonds is 4. The number of ether oxygens (including phenoxy) is 1. The smallest absolute Gasteiger partial charge is 0.224 e. The van der Waals surface area contributed by atoms with Gasteiger partial charge in [-0.05, 0) is 20.4 Å². The minimum atomic E-state index is 0.222. The van der Waals surface area contributed by atoms with Gasteiger partial charge in [-0.2, -0.15) is 0 Å². The maximum absolute atomic E-state index is 11.9. The Morgan fingerprint density at radius 1 is 1.67 bits per heavy atom. The number of hydrogen-bond acceptors (Lipinski definition) is 3. The first-order valence-corrected chi connectivity index (χ1v) is 5.75. The lowest BCUT2D eigenvalue weighted by atomic mass is 10.1. The first kappa shape index (κ1) is 12.5. The molecule has 1 aliphatic rings. The second-order valence-electron chi connectivity index (χ2n) is 4.17. The second-order valence-corrected chi connectivity index (χ2v) is 4.17. The van der Waals surface area contributed by atoms with Crippen molar-refractivity contribution >= 4 is 5.91 Å². The first-order chi connectivity index (χ1) is 7.15. The number of carbonyl (C=O) groups is 1. The standard InChI is InChI=1S/C11H22N2O2/c1-4-12-9(2)7-11(14)13-5-6-15-8-10(13)3/h9-10,12H,4-8H2,1-3H3/t9?,10-/m1/s1. The highest BCUT2D eigenvalue weighted by Gasteiger charge is 2.24. The number of nitrogens with zero attached hydrogens (tertiary/aromatic N) is 1. The lowest BCUT2D eigenvalue weighted by molar-refractivity contribution is -0.139. The van der Waals surface area contributed by atoms with Gasteiger partial charge in [0.2, 0.25) is 5.91 Å². The molecule has 1 N–H and O–H groups in total. The van der Waals surface area contributed by atoms with E-state index in [-0.39, 0.29) is 18.0 Å². The summed E-state index contributed by atoms with van der Waals surface area (Å²) in [6, 6.07) is 0.484. The van der Waals surface area contributed by atoms with Crippen molar-refractivity contribution in [2.24, 2.45) is 0 Å². The van der Waals surface area contributed by atoms with Gasteiger partial charge in [0.05, 0.1) is 19.3 Å². The van der Waals surface area contributed by atoms with Gasteiger partial charge in [0.25, 0.3) is 0 Å². The highest BCUT2D eigenvalue weighted by molar-refractivity contribution is 5.77. The van der Waals surface area contributed by atoms with Crippen LogP contribution < -0.4 is 5.32 Å². The Kier molecular flexibility index (Phi) is 5.05. The van der Waals surface area contributed by atoms with Crippen molar-refractivity contribution in [3.8, 4) is 0 Å². The molecule has 0 spiro atoms. The van der Waals surface area contributed by atoms with Crippen LogP contribution in [-0.2, 0) is 9.53 Å². The van der Waals surface area contributed by atoms with Gasteiger partial charge >= 0.3 is 0 Å². The van der Waals surface area contributed by atoms with E-state index < -0.39 is 0 Å². The molecule has 0 aromatic carbocycles. The molecule has 15 heavy (non-hydrogen) atoms. The van der Waals surface area contributed by atoms with Crippen LogP contribution in [0.15, 0.2) is 0 Å². The van der Waals surface area contributed by atoms with Crippen LogP contribution in [0.1, 0.15) is 27.2 Å². The predicted molar refractivity (Wildman–Crippen MR) is 59.7 cm³/mol. The van der Waals surface area contributed by atoms with Gasteiger partial charge in [0.15, 0.2) is 0 Å². The van der Waals surface area contributed by atoms with Gasteiger partial charge in [-0.15, -0.1) is 0 Å². The molecular weight excluding hydrogens is 192 g/mol. The normalized spacial score (nSPS) is 23.9. The van der Waals surface area contributed by atoms with Gasteiger partial charge in [-0.1, -0.05) is 6.92 Å². The second kappa shape index (κ2) is 6.08. The number of morpholine rings is 1. The molecule has 1 aliphatic heterocycles. The molecule has 2 atom stereocenters. The lowest BCUT2D eigenvalue weighted by Gasteiger charge is -2.34. The molecule has 0 aromatic heterocycles. The van der Waals surface area contributed by atoms with Crippen LogP contribution in [0.25, 0.3) is 0 Å². The van der Waals surface area contributed by atoms with Crippen LogP contribution in [-0.4, -0.2) is 49.2 Å². The molecule has 4 nitrogen and oxygen atoms in total. The summed E-state index contributed by atoms with van der Waals surface area (Å²) in [6.07, 6.45) is 0.582. The molecule has 1 rings (SSSR count). The average Bonchev–Trinajstić information content (AvgIpc) is 2.18. The minimum absolute atomic E-state index is 0.222. The SMILES string of the molecule is CCNC(C)CC(=O)N1CCOC[C@H]1C. The van der Waals surface area contributed by atoms with Crippen molar-refractivity contribution < 1.29 is 9.53 Å². The molecule has 0 bridgehead atoms. The van der Waals surface area contributed by atoms with E-state index in [1.54, 1.807) is 0 Å². The van der Waals surface area contributed by atoms with Crippen LogP contribution in [0.2, 0.25) is 0 Å². The Balaban J connectivity index is 2.37. The van der Waals surface area contributed by atoms with E-state index in [0.29, 0.717) is 19.6 Å². The molecule has 0 aliphatic carbocycles. The van der Waals surface area contributed by atoms with Gasteiger partial charge in [0, 0.05) is 19.0 Å². The number of amides is 1. The monoisotopic (exact) mass is 214 g/mol. The fourth-order valence-electron chi connectivity index (χ4n) is 1.90. The third kappa shape index (κ3) is 3.80. The van der Waals surface area contributed by atoms with Crippen LogP contribution in [0.4, 0.5) is 0 Å². The Morgan fingerprint density at radius 3 is 3.00 bits per heavy atom. The Bertz CT molecular complexity index is 209. The van der Waals surface area contributed by atoms with E-state index >= 15 is 0 Å². The van der Waals surface area contributed by atoms with Crippen molar-refractivity contribution in [1.82, 2.24) is 10.2 Å². The summed E-state index contributed by atoms with van der Waals surface area (Å²) < 4.78 is 5.31. The van der Waals surface area contributed by atoms with Crippen LogP contribution >= 0.6 is 0 Å². The van der Waals surface area contributed by atoms with E-state index in [1.165, 1.54) is 0 Å². The fourth-order valence-corrected chi connectivity index (χ4v) is 1.90. The molecule has 1 unspecified atom stereocenters. The summed E-state index contributed by atoms with van der Waals surface area (Å²) in [5, 5.41) is 3.25. The maximum Gasteiger partial charge on any atom is 0.224 e. The first-order valence-electron chi connectivity index (χ1n) is 5.75. The zero-order valence-electron chi connectivity index (χ0n) is 9.95. The Hall–Kier alpha value is -0.610. The van der Waals surface area contributed by atoms with Gasteiger partial charge in [-0.25, -0.2) is 0 Å². The summed E-state index contributed by atoms with van der Waals surface area (Å²) >= 11 is 0. The molecular formula is C11H22N2O2. The molecule has 0 aromatic rings. The molecule has 1 amide bonds. The van der Waals surface area contributed by atoms with Crippen molar-refractivity contribution in [3.05, 3.63) is 0 Å². The molecule has 4 heteroatoms. The van der Waals surface area contributed by atoms with Crippen molar-refractivity contribution in [2.75, 3.05) is 26.3 Å². The topological polar surface area (TPSA) is 41.6 Å². The van der Waals surface area contributed by atoms with Gasteiger partial charge < -0.3 is 15.0 Å². The highest BCUT2D eigenvalue weighted by Crippen LogP contribution is 2.09. The number of hydrogen-bond donors (Lipinski definition) is 1. The van der Waals surface area contributed by atoms with E-state index in [9.17, 15) is 4.79 Å². The quantitative estimate of drug-likeness (QED) is 0.746. The van der Waals surface area contributed by atoms with E-state index in [2.05, 4.69) is 12.2 Å². The number of carbonyl (C=O) groups excluding carboxylic acids is 1. The summed E-state index contributed by atoms with van der Waals surface area (Å²) in [4.78, 5) is 13.9. The molecule has 0 saturated carbocycles. The van der Waals surface area contributed by atoms with Gasteiger partial charge in [0.1, 0.15) is 0 Å². The third-order valence-electron chi connectivity index (χ3n) is 2.72. The maximum atomic E-state index is 11.9. The molecule has 1 heterocycles. The highest BCUT2D eigenvalue weighted by atomic mass is 16.5.